The molecule has 6 heteroatoms. The van der Waals surface area contributed by atoms with E-state index in [0.717, 1.165) is 0 Å². The van der Waals surface area contributed by atoms with Crippen LogP contribution in [0, 0.1) is 5.92 Å². The number of aliphatic hydroxyl groups excluding tert-OH is 2. The quantitative estimate of drug-likeness (QED) is 0.579. The van der Waals surface area contributed by atoms with Gasteiger partial charge in [-0.2, -0.15) is 0 Å². The van der Waals surface area contributed by atoms with Crippen molar-refractivity contribution in [3.63, 3.8) is 0 Å². The van der Waals surface area contributed by atoms with Gasteiger partial charge in [0.1, 0.15) is 6.04 Å². The largest absolute Gasteiger partial charge is 0.392 e. The lowest BCUT2D eigenvalue weighted by Gasteiger charge is -2.28. The van der Waals surface area contributed by atoms with Crippen molar-refractivity contribution in [2.75, 3.05) is 13.1 Å². The van der Waals surface area contributed by atoms with Gasteiger partial charge in [-0.15, -0.1) is 0 Å². The zero-order valence-electron chi connectivity index (χ0n) is 10.9. The topological polar surface area (TPSA) is 104 Å². The first-order valence-corrected chi connectivity index (χ1v) is 6.27. The fourth-order valence-corrected chi connectivity index (χ4v) is 2.36. The second-order valence-electron chi connectivity index (χ2n) is 4.88. The highest BCUT2D eigenvalue weighted by molar-refractivity contribution is 5.89. The monoisotopic (exact) mass is 258 g/mol. The summed E-state index contributed by atoms with van der Waals surface area (Å²) < 4.78 is 0. The fraction of sp³-hybridized carbons (Fsp3) is 0.833. The van der Waals surface area contributed by atoms with Crippen LogP contribution in [0.4, 0.5) is 0 Å². The Morgan fingerprint density at radius 3 is 2.61 bits per heavy atom. The van der Waals surface area contributed by atoms with Crippen LogP contribution in [0.2, 0.25) is 0 Å². The zero-order valence-corrected chi connectivity index (χ0v) is 10.9. The molecule has 4 N–H and O–H groups in total. The number of nitrogens with two attached hydrogens (primary N) is 1. The van der Waals surface area contributed by atoms with Crippen LogP contribution in [0.15, 0.2) is 0 Å². The van der Waals surface area contributed by atoms with Crippen LogP contribution < -0.4 is 5.73 Å². The third-order valence-electron chi connectivity index (χ3n) is 3.49. The molecule has 1 heterocycles. The average molecular weight is 258 g/mol. The third-order valence-corrected chi connectivity index (χ3v) is 3.49. The van der Waals surface area contributed by atoms with E-state index in [1.807, 2.05) is 0 Å². The molecular weight excluding hydrogens is 236 g/mol. The number of aliphatic hydroxyl groups is 2. The first-order valence-electron chi connectivity index (χ1n) is 6.27. The molecule has 18 heavy (non-hydrogen) atoms. The highest BCUT2D eigenvalue weighted by Gasteiger charge is 2.41. The summed E-state index contributed by atoms with van der Waals surface area (Å²) in [7, 11) is 0. The summed E-state index contributed by atoms with van der Waals surface area (Å²) in [5.74, 6) is -1.14. The van der Waals surface area contributed by atoms with Crippen molar-refractivity contribution >= 4 is 11.7 Å². The Labute approximate surface area is 107 Å². The highest BCUT2D eigenvalue weighted by atomic mass is 16.3. The second kappa shape index (κ2) is 6.26. The van der Waals surface area contributed by atoms with E-state index in [1.165, 1.54) is 11.8 Å². The third kappa shape index (κ3) is 3.07. The number of rotatable bonds is 5. The Morgan fingerprint density at radius 2 is 2.11 bits per heavy atom. The van der Waals surface area contributed by atoms with Gasteiger partial charge in [0.15, 0.2) is 5.78 Å². The molecule has 6 nitrogen and oxygen atoms in total. The van der Waals surface area contributed by atoms with Gasteiger partial charge in [-0.25, -0.2) is 0 Å². The fourth-order valence-electron chi connectivity index (χ4n) is 2.36. The number of hydrogen-bond acceptors (Lipinski definition) is 5. The standard InChI is InChI=1S/C12H22N2O4/c1-7(9(16)3-5-13)12(18)14-6-4-10(17)11(14)8(2)15/h7,9-11,16-17H,3-6,13H2,1-2H3/t7-,9?,10?,11+/m0/s1. The summed E-state index contributed by atoms with van der Waals surface area (Å²) in [4.78, 5) is 25.0. The molecular formula is C12H22N2O4. The maximum atomic E-state index is 12.2. The van der Waals surface area contributed by atoms with Crippen molar-refractivity contribution in [2.24, 2.45) is 11.7 Å². The highest BCUT2D eigenvalue weighted by Crippen LogP contribution is 2.22. The minimum absolute atomic E-state index is 0.228. The number of amides is 1. The van der Waals surface area contributed by atoms with E-state index in [1.54, 1.807) is 6.92 Å². The predicted molar refractivity (Wildman–Crippen MR) is 65.6 cm³/mol. The maximum absolute atomic E-state index is 12.2. The van der Waals surface area contributed by atoms with Crippen LogP contribution in [0.1, 0.15) is 26.7 Å². The molecule has 4 atom stereocenters. The van der Waals surface area contributed by atoms with Crippen molar-refractivity contribution in [2.45, 2.75) is 44.9 Å². The van der Waals surface area contributed by atoms with Crippen LogP contribution in [0.25, 0.3) is 0 Å². The second-order valence-corrected chi connectivity index (χ2v) is 4.88. The minimum atomic E-state index is -0.812. The first-order chi connectivity index (χ1) is 8.40. The number of carbonyl (C=O) groups excluding carboxylic acids is 2. The predicted octanol–water partition coefficient (Wildman–Crippen LogP) is -1.12. The molecule has 1 rings (SSSR count). The van der Waals surface area contributed by atoms with E-state index in [9.17, 15) is 19.8 Å². The normalized spacial score (nSPS) is 27.1. The van der Waals surface area contributed by atoms with Crippen LogP contribution in [0.3, 0.4) is 0 Å². The van der Waals surface area contributed by atoms with Crippen LogP contribution in [-0.2, 0) is 9.59 Å². The number of nitrogens with zero attached hydrogens (tertiary/aromatic N) is 1. The van der Waals surface area contributed by atoms with Gasteiger partial charge in [0.25, 0.3) is 0 Å². The Hall–Kier alpha value is -0.980. The van der Waals surface area contributed by atoms with Gasteiger partial charge >= 0.3 is 0 Å². The van der Waals surface area contributed by atoms with E-state index >= 15 is 0 Å². The molecule has 1 fully saturated rings. The summed E-state index contributed by atoms with van der Waals surface area (Å²) in [5.41, 5.74) is 5.34. The summed E-state index contributed by atoms with van der Waals surface area (Å²) in [6.07, 6.45) is -0.873. The lowest BCUT2D eigenvalue weighted by atomic mass is 9.99. The smallest absolute Gasteiger partial charge is 0.228 e. The first kappa shape index (κ1) is 15.1. The van der Waals surface area contributed by atoms with Gasteiger partial charge in [-0.1, -0.05) is 6.92 Å². The van der Waals surface area contributed by atoms with Gasteiger partial charge in [0.05, 0.1) is 18.1 Å². The van der Waals surface area contributed by atoms with Gasteiger partial charge in [0.2, 0.25) is 5.91 Å². The minimum Gasteiger partial charge on any atom is -0.392 e. The van der Waals surface area contributed by atoms with Crippen molar-refractivity contribution < 1.29 is 19.8 Å². The molecule has 0 aromatic heterocycles. The molecule has 1 amide bonds. The number of ketones is 1. The van der Waals surface area contributed by atoms with Crippen molar-refractivity contribution in [1.29, 1.82) is 0 Å². The molecule has 0 aromatic carbocycles. The number of likely N-dealkylation sites (tertiary alicyclic amines) is 1. The molecule has 0 aliphatic carbocycles. The van der Waals surface area contributed by atoms with Crippen molar-refractivity contribution in [1.82, 2.24) is 4.90 Å². The Balaban J connectivity index is 2.74. The molecule has 104 valence electrons. The van der Waals surface area contributed by atoms with Crippen LogP contribution in [0.5, 0.6) is 0 Å². The lowest BCUT2D eigenvalue weighted by Crippen LogP contribution is -2.48. The Kier molecular flexibility index (Phi) is 5.25. The number of carbonyl (C=O) groups is 2. The number of Topliss-reactive ketones (excluding diaryl/α,β-unsaturated/α-hetero) is 1. The maximum Gasteiger partial charge on any atom is 0.228 e. The molecule has 0 saturated carbocycles. The van der Waals surface area contributed by atoms with Crippen LogP contribution in [-0.4, -0.2) is 58.1 Å². The van der Waals surface area contributed by atoms with Gasteiger partial charge in [-0.05, 0) is 26.3 Å². The number of hydrogen-bond donors (Lipinski definition) is 3. The van der Waals surface area contributed by atoms with E-state index in [2.05, 4.69) is 0 Å². The Morgan fingerprint density at radius 1 is 1.50 bits per heavy atom. The van der Waals surface area contributed by atoms with E-state index in [4.69, 9.17) is 5.73 Å². The SMILES string of the molecule is CC(=O)[C@@H]1C(O)CCN1C(=O)[C@@H](C)C(O)CCN. The average Bonchev–Trinajstić information content (AvgIpc) is 2.69. The summed E-state index contributed by atoms with van der Waals surface area (Å²) in [6.45, 7) is 3.63. The van der Waals surface area contributed by atoms with E-state index in [0.29, 0.717) is 25.9 Å². The molecule has 0 radical (unpaired) electrons. The lowest BCUT2D eigenvalue weighted by molar-refractivity contribution is -0.144. The molecule has 0 bridgehead atoms. The van der Waals surface area contributed by atoms with Gasteiger partial charge in [0, 0.05) is 6.54 Å². The zero-order chi connectivity index (χ0) is 13.9. The van der Waals surface area contributed by atoms with Crippen molar-refractivity contribution in [3.8, 4) is 0 Å². The molecule has 1 aliphatic heterocycles. The molecule has 0 spiro atoms. The Bertz CT molecular complexity index is 321. The molecule has 0 aromatic rings. The van der Waals surface area contributed by atoms with Gasteiger partial charge < -0.3 is 20.8 Å². The van der Waals surface area contributed by atoms with Gasteiger partial charge in [-0.3, -0.25) is 9.59 Å². The van der Waals surface area contributed by atoms with Crippen molar-refractivity contribution in [3.05, 3.63) is 0 Å². The van der Waals surface area contributed by atoms with Crippen LogP contribution >= 0.6 is 0 Å². The summed E-state index contributed by atoms with van der Waals surface area (Å²) in [5, 5.41) is 19.5. The molecule has 2 unspecified atom stereocenters. The van der Waals surface area contributed by atoms with E-state index in [-0.39, 0.29) is 11.7 Å². The molecule has 1 saturated heterocycles. The van der Waals surface area contributed by atoms with E-state index < -0.39 is 24.2 Å². The summed E-state index contributed by atoms with van der Waals surface area (Å²) >= 11 is 0. The summed E-state index contributed by atoms with van der Waals surface area (Å²) in [6, 6.07) is -0.773. The molecule has 1 aliphatic rings.